The first-order valence-corrected chi connectivity index (χ1v) is 5.82. The molecule has 0 heterocycles. The van der Waals surface area contributed by atoms with E-state index >= 15 is 0 Å². The van der Waals surface area contributed by atoms with Crippen LogP contribution in [0.4, 0.5) is 4.79 Å². The van der Waals surface area contributed by atoms with Crippen molar-refractivity contribution in [3.05, 3.63) is 35.4 Å². The number of carbonyl (C=O) groups excluding carboxylic acids is 1. The lowest BCUT2D eigenvalue weighted by Gasteiger charge is -2.24. The first-order chi connectivity index (χ1) is 8.08. The summed E-state index contributed by atoms with van der Waals surface area (Å²) in [6.07, 6.45) is 0. The lowest BCUT2D eigenvalue weighted by molar-refractivity contribution is 0.173. The average molecular weight is 235 g/mol. The second-order valence-corrected chi connectivity index (χ2v) is 4.18. The topological polar surface area (TPSA) is 49.6 Å². The van der Waals surface area contributed by atoms with Crippen molar-refractivity contribution < 1.29 is 4.79 Å². The Morgan fingerprint density at radius 1 is 1.24 bits per heavy atom. The van der Waals surface area contributed by atoms with E-state index in [0.717, 1.165) is 11.1 Å². The summed E-state index contributed by atoms with van der Waals surface area (Å²) in [6, 6.07) is 8.04. The van der Waals surface area contributed by atoms with Gasteiger partial charge < -0.3 is 15.5 Å². The van der Waals surface area contributed by atoms with Gasteiger partial charge in [0.25, 0.3) is 0 Å². The maximum Gasteiger partial charge on any atom is 0.319 e. The molecule has 0 fully saturated rings. The Hall–Kier alpha value is -1.55. The molecule has 0 atom stereocenters. The van der Waals surface area contributed by atoms with E-state index in [0.29, 0.717) is 19.6 Å². The maximum absolute atomic E-state index is 11.9. The van der Waals surface area contributed by atoms with Crippen LogP contribution in [-0.2, 0) is 13.1 Å². The summed E-state index contributed by atoms with van der Waals surface area (Å²) in [4.78, 5) is 15.3. The molecule has 0 bridgehead atoms. The SMILES string of the molecule is CCN(C)C(=O)N(C)Cc1cccc(CN)c1. The molecule has 0 spiro atoms. The van der Waals surface area contributed by atoms with Gasteiger partial charge in [0.05, 0.1) is 0 Å². The molecular formula is C13H21N3O. The van der Waals surface area contributed by atoms with E-state index < -0.39 is 0 Å². The standard InChI is InChI=1S/C13H21N3O/c1-4-15(2)13(17)16(3)10-12-7-5-6-11(8-12)9-14/h5-8H,4,9-10,14H2,1-3H3. The monoisotopic (exact) mass is 235 g/mol. The molecule has 2 amide bonds. The molecule has 0 aliphatic heterocycles. The molecule has 1 rings (SSSR count). The lowest BCUT2D eigenvalue weighted by atomic mass is 10.1. The Morgan fingerprint density at radius 2 is 1.88 bits per heavy atom. The highest BCUT2D eigenvalue weighted by Gasteiger charge is 2.12. The third kappa shape index (κ3) is 3.75. The Kier molecular flexibility index (Phi) is 4.97. The summed E-state index contributed by atoms with van der Waals surface area (Å²) in [5.74, 6) is 0. The first kappa shape index (κ1) is 13.5. The van der Waals surface area contributed by atoms with Gasteiger partial charge in [-0.1, -0.05) is 24.3 Å². The van der Waals surface area contributed by atoms with Crippen LogP contribution in [0.3, 0.4) is 0 Å². The maximum atomic E-state index is 11.9. The van der Waals surface area contributed by atoms with Crippen LogP contribution in [0.25, 0.3) is 0 Å². The van der Waals surface area contributed by atoms with Gasteiger partial charge in [-0.3, -0.25) is 0 Å². The average Bonchev–Trinajstić information content (AvgIpc) is 2.37. The molecule has 0 saturated heterocycles. The molecule has 0 aliphatic carbocycles. The largest absolute Gasteiger partial charge is 0.328 e. The van der Waals surface area contributed by atoms with Crippen LogP contribution < -0.4 is 5.73 Å². The van der Waals surface area contributed by atoms with E-state index in [-0.39, 0.29) is 6.03 Å². The smallest absolute Gasteiger partial charge is 0.319 e. The third-order valence-electron chi connectivity index (χ3n) is 2.77. The fourth-order valence-electron chi connectivity index (χ4n) is 1.62. The molecule has 94 valence electrons. The Bertz CT molecular complexity index is 379. The summed E-state index contributed by atoms with van der Waals surface area (Å²) in [5, 5.41) is 0. The molecular weight excluding hydrogens is 214 g/mol. The molecule has 2 N–H and O–H groups in total. The number of nitrogens with two attached hydrogens (primary N) is 1. The van der Waals surface area contributed by atoms with E-state index in [9.17, 15) is 4.79 Å². The zero-order valence-corrected chi connectivity index (χ0v) is 10.8. The van der Waals surface area contributed by atoms with E-state index in [4.69, 9.17) is 5.73 Å². The number of nitrogens with zero attached hydrogens (tertiary/aromatic N) is 2. The van der Waals surface area contributed by atoms with Crippen LogP contribution >= 0.6 is 0 Å². The molecule has 0 aromatic heterocycles. The van der Waals surface area contributed by atoms with E-state index in [2.05, 4.69) is 0 Å². The highest BCUT2D eigenvalue weighted by Crippen LogP contribution is 2.08. The van der Waals surface area contributed by atoms with Crippen molar-refractivity contribution in [2.24, 2.45) is 5.73 Å². The molecule has 4 heteroatoms. The van der Waals surface area contributed by atoms with E-state index in [1.165, 1.54) is 0 Å². The lowest BCUT2D eigenvalue weighted by Crippen LogP contribution is -2.38. The molecule has 17 heavy (non-hydrogen) atoms. The van der Waals surface area contributed by atoms with Gasteiger partial charge in [-0.05, 0) is 18.1 Å². The second kappa shape index (κ2) is 6.25. The van der Waals surface area contributed by atoms with Crippen LogP contribution in [-0.4, -0.2) is 36.5 Å². The summed E-state index contributed by atoms with van der Waals surface area (Å²) >= 11 is 0. The van der Waals surface area contributed by atoms with Gasteiger partial charge in [0, 0.05) is 33.7 Å². The van der Waals surface area contributed by atoms with Gasteiger partial charge in [-0.25, -0.2) is 4.79 Å². The van der Waals surface area contributed by atoms with Crippen molar-refractivity contribution in [2.45, 2.75) is 20.0 Å². The quantitative estimate of drug-likeness (QED) is 0.862. The van der Waals surface area contributed by atoms with Gasteiger partial charge >= 0.3 is 6.03 Å². The van der Waals surface area contributed by atoms with Crippen molar-refractivity contribution in [1.82, 2.24) is 9.80 Å². The van der Waals surface area contributed by atoms with Crippen LogP contribution in [0.2, 0.25) is 0 Å². The molecule has 0 aliphatic rings. The molecule has 0 saturated carbocycles. The van der Waals surface area contributed by atoms with Crippen LogP contribution in [0.1, 0.15) is 18.1 Å². The molecule has 1 aromatic carbocycles. The second-order valence-electron chi connectivity index (χ2n) is 4.18. The summed E-state index contributed by atoms with van der Waals surface area (Å²) in [7, 11) is 3.61. The molecule has 0 radical (unpaired) electrons. The minimum atomic E-state index is 0.0330. The van der Waals surface area contributed by atoms with Crippen molar-refractivity contribution in [2.75, 3.05) is 20.6 Å². The highest BCUT2D eigenvalue weighted by atomic mass is 16.2. The zero-order valence-electron chi connectivity index (χ0n) is 10.8. The van der Waals surface area contributed by atoms with Gasteiger partial charge in [-0.15, -0.1) is 0 Å². The minimum absolute atomic E-state index is 0.0330. The van der Waals surface area contributed by atoms with Crippen molar-refractivity contribution >= 4 is 6.03 Å². The van der Waals surface area contributed by atoms with Gasteiger partial charge in [0.1, 0.15) is 0 Å². The number of benzene rings is 1. The fourth-order valence-corrected chi connectivity index (χ4v) is 1.62. The van der Waals surface area contributed by atoms with Crippen molar-refractivity contribution in [3.63, 3.8) is 0 Å². The molecule has 1 aromatic rings. The summed E-state index contributed by atoms with van der Waals surface area (Å²) in [6.45, 7) is 3.81. The predicted molar refractivity (Wildman–Crippen MR) is 69.5 cm³/mol. The third-order valence-corrected chi connectivity index (χ3v) is 2.77. The number of carbonyl (C=O) groups is 1. The van der Waals surface area contributed by atoms with Gasteiger partial charge in [-0.2, -0.15) is 0 Å². The van der Waals surface area contributed by atoms with Gasteiger partial charge in [0.15, 0.2) is 0 Å². The zero-order chi connectivity index (χ0) is 12.8. The Morgan fingerprint density at radius 3 is 2.47 bits per heavy atom. The number of amides is 2. The van der Waals surface area contributed by atoms with Crippen LogP contribution in [0, 0.1) is 0 Å². The van der Waals surface area contributed by atoms with E-state index in [1.807, 2.05) is 38.2 Å². The predicted octanol–water partition coefficient (Wildman–Crippen LogP) is 1.65. The van der Waals surface area contributed by atoms with Crippen molar-refractivity contribution in [1.29, 1.82) is 0 Å². The summed E-state index contributed by atoms with van der Waals surface area (Å²) < 4.78 is 0. The number of hydrogen-bond acceptors (Lipinski definition) is 2. The van der Waals surface area contributed by atoms with Crippen LogP contribution in [0.5, 0.6) is 0 Å². The number of urea groups is 1. The number of hydrogen-bond donors (Lipinski definition) is 1. The molecule has 4 nitrogen and oxygen atoms in total. The Balaban J connectivity index is 2.67. The molecule has 0 unspecified atom stereocenters. The summed E-state index contributed by atoms with van der Waals surface area (Å²) in [5.41, 5.74) is 7.79. The minimum Gasteiger partial charge on any atom is -0.328 e. The Labute approximate surface area is 103 Å². The highest BCUT2D eigenvalue weighted by molar-refractivity contribution is 5.73. The number of rotatable bonds is 4. The van der Waals surface area contributed by atoms with Gasteiger partial charge in [0.2, 0.25) is 0 Å². The van der Waals surface area contributed by atoms with Crippen LogP contribution in [0.15, 0.2) is 24.3 Å². The normalized spacial score (nSPS) is 10.1. The van der Waals surface area contributed by atoms with E-state index in [1.54, 1.807) is 16.8 Å². The van der Waals surface area contributed by atoms with Crippen molar-refractivity contribution in [3.8, 4) is 0 Å². The first-order valence-electron chi connectivity index (χ1n) is 5.82. The fraction of sp³-hybridized carbons (Fsp3) is 0.462.